The Balaban J connectivity index is 0.00000256. The number of aliphatic carboxylic acids is 1. The minimum Gasteiger partial charge on any atom is -0.481 e. The predicted octanol–water partition coefficient (Wildman–Crippen LogP) is 2.64. The second kappa shape index (κ2) is 7.60. The molecule has 0 saturated carbocycles. The average Bonchev–Trinajstić information content (AvgIpc) is 2.26. The topological polar surface area (TPSA) is 49.3 Å². The van der Waals surface area contributed by atoms with E-state index in [4.69, 9.17) is 5.11 Å². The van der Waals surface area contributed by atoms with Gasteiger partial charge < -0.3 is 10.4 Å². The molecule has 1 rings (SSSR count). The summed E-state index contributed by atoms with van der Waals surface area (Å²) in [5.41, 5.74) is 0.548. The van der Waals surface area contributed by atoms with E-state index in [0.29, 0.717) is 12.1 Å². The van der Waals surface area contributed by atoms with Crippen molar-refractivity contribution in [2.24, 2.45) is 5.92 Å². The van der Waals surface area contributed by atoms with E-state index in [0.717, 1.165) is 0 Å². The van der Waals surface area contributed by atoms with Gasteiger partial charge in [-0.2, -0.15) is 0 Å². The van der Waals surface area contributed by atoms with Gasteiger partial charge in [0.1, 0.15) is 5.82 Å². The third-order valence-electron chi connectivity index (χ3n) is 2.71. The van der Waals surface area contributed by atoms with E-state index < -0.39 is 11.9 Å². The Morgan fingerprint density at radius 2 is 2.00 bits per heavy atom. The molecule has 0 fully saturated rings. The smallest absolute Gasteiger partial charge is 0.307 e. The van der Waals surface area contributed by atoms with Crippen LogP contribution in [0.25, 0.3) is 0 Å². The summed E-state index contributed by atoms with van der Waals surface area (Å²) in [6.45, 7) is 3.74. The number of hydrogen-bond donors (Lipinski definition) is 2. The normalized spacial score (nSPS) is 13.6. The van der Waals surface area contributed by atoms with Crippen LogP contribution in [0.15, 0.2) is 24.3 Å². The zero-order valence-electron chi connectivity index (χ0n) is 9.81. The Hall–Kier alpha value is -0.690. The largest absolute Gasteiger partial charge is 0.481 e. The summed E-state index contributed by atoms with van der Waals surface area (Å²) < 4.78 is 13.2. The molecule has 2 unspecified atom stereocenters. The van der Waals surface area contributed by atoms with Crippen molar-refractivity contribution in [2.75, 3.05) is 0 Å². The van der Waals surface area contributed by atoms with E-state index in [-0.39, 0.29) is 35.8 Å². The highest BCUT2D eigenvalue weighted by Gasteiger charge is 2.18. The van der Waals surface area contributed by atoms with Crippen molar-refractivity contribution in [1.29, 1.82) is 0 Å². The van der Waals surface area contributed by atoms with Crippen LogP contribution in [0.2, 0.25) is 0 Å². The summed E-state index contributed by atoms with van der Waals surface area (Å²) in [4.78, 5) is 10.7. The molecule has 1 aromatic carbocycles. The monoisotopic (exact) mass is 353 g/mol. The maximum Gasteiger partial charge on any atom is 0.307 e. The number of carboxylic acid groups (broad SMARTS) is 1. The van der Waals surface area contributed by atoms with Crippen LogP contribution in [0.3, 0.4) is 0 Å². The van der Waals surface area contributed by atoms with Gasteiger partial charge in [0.15, 0.2) is 0 Å². The van der Waals surface area contributed by atoms with Crippen molar-refractivity contribution in [2.45, 2.75) is 26.4 Å². The molecule has 2 N–H and O–H groups in total. The van der Waals surface area contributed by atoms with Crippen LogP contribution in [0.1, 0.15) is 19.4 Å². The van der Waals surface area contributed by atoms with Gasteiger partial charge in [-0.25, -0.2) is 4.39 Å². The summed E-state index contributed by atoms with van der Waals surface area (Å²) in [5, 5.41) is 11.8. The maximum atomic E-state index is 13.2. The predicted molar refractivity (Wildman–Crippen MR) is 74.9 cm³/mol. The van der Waals surface area contributed by atoms with Gasteiger partial charge in [-0.15, -0.1) is 24.0 Å². The highest BCUT2D eigenvalue weighted by atomic mass is 127. The Labute approximate surface area is 117 Å². The second-order valence-electron chi connectivity index (χ2n) is 3.89. The summed E-state index contributed by atoms with van der Waals surface area (Å²) in [7, 11) is 0. The molecule has 0 bridgehead atoms. The Bertz CT molecular complexity index is 373. The van der Waals surface area contributed by atoms with E-state index in [2.05, 4.69) is 5.32 Å². The van der Waals surface area contributed by atoms with Gasteiger partial charge in [0.2, 0.25) is 0 Å². The number of halogens is 2. The highest BCUT2D eigenvalue weighted by Crippen LogP contribution is 2.08. The van der Waals surface area contributed by atoms with Crippen molar-refractivity contribution < 1.29 is 14.3 Å². The van der Waals surface area contributed by atoms with Crippen LogP contribution < -0.4 is 5.32 Å². The van der Waals surface area contributed by atoms with Crippen LogP contribution in [-0.2, 0) is 11.3 Å². The number of hydrogen-bond acceptors (Lipinski definition) is 2. The number of carboxylic acids is 1. The van der Waals surface area contributed by atoms with Crippen molar-refractivity contribution >= 4 is 29.9 Å². The molecule has 0 saturated heterocycles. The summed E-state index contributed by atoms with van der Waals surface area (Å²) in [6.07, 6.45) is 0. The molecule has 96 valence electrons. The molecule has 0 aliphatic heterocycles. The molecule has 2 atom stereocenters. The molecule has 0 spiro atoms. The van der Waals surface area contributed by atoms with Crippen molar-refractivity contribution in [3.63, 3.8) is 0 Å². The molecule has 5 heteroatoms. The number of nitrogens with one attached hydrogen (secondary N) is 1. The summed E-state index contributed by atoms with van der Waals surface area (Å²) >= 11 is 0. The van der Waals surface area contributed by atoms with Crippen LogP contribution in [0.5, 0.6) is 0 Å². The number of carbonyl (C=O) groups is 1. The molecular formula is C12H17FINO2. The molecule has 3 nitrogen and oxygen atoms in total. The highest BCUT2D eigenvalue weighted by molar-refractivity contribution is 14.0. The van der Waals surface area contributed by atoms with Gasteiger partial charge >= 0.3 is 5.97 Å². The number of benzene rings is 1. The average molecular weight is 353 g/mol. The first-order valence-corrected chi connectivity index (χ1v) is 5.22. The van der Waals surface area contributed by atoms with Crippen molar-refractivity contribution in [1.82, 2.24) is 5.32 Å². The fourth-order valence-electron chi connectivity index (χ4n) is 1.30. The zero-order chi connectivity index (χ0) is 12.1. The zero-order valence-corrected chi connectivity index (χ0v) is 12.1. The molecule has 0 aliphatic rings. The Kier molecular flexibility index (Phi) is 7.29. The summed E-state index contributed by atoms with van der Waals surface area (Å²) in [5.74, 6) is -1.62. The maximum absolute atomic E-state index is 13.2. The standard InChI is InChI=1S/C12H16FNO2.HI/c1-8(12(15)16)9(2)14-7-10-5-3-4-6-11(10)13;/h3-6,8-9,14H,7H2,1-2H3,(H,15,16);1H. The van der Waals surface area contributed by atoms with Gasteiger partial charge in [-0.05, 0) is 13.0 Å². The van der Waals surface area contributed by atoms with E-state index in [1.54, 1.807) is 32.0 Å². The summed E-state index contributed by atoms with van der Waals surface area (Å²) in [6, 6.07) is 6.26. The third kappa shape index (κ3) is 4.99. The first-order chi connectivity index (χ1) is 7.52. The van der Waals surface area contributed by atoms with E-state index in [9.17, 15) is 9.18 Å². The fourth-order valence-corrected chi connectivity index (χ4v) is 1.30. The van der Waals surface area contributed by atoms with Crippen LogP contribution in [0.4, 0.5) is 4.39 Å². The van der Waals surface area contributed by atoms with Crippen molar-refractivity contribution in [3.05, 3.63) is 35.6 Å². The molecule has 0 aliphatic carbocycles. The number of rotatable bonds is 5. The third-order valence-corrected chi connectivity index (χ3v) is 2.71. The van der Waals surface area contributed by atoms with E-state index >= 15 is 0 Å². The van der Waals surface area contributed by atoms with E-state index in [1.165, 1.54) is 6.07 Å². The minimum atomic E-state index is -0.853. The lowest BCUT2D eigenvalue weighted by Crippen LogP contribution is -2.35. The SMILES string of the molecule is CC(NCc1ccccc1F)C(C)C(=O)O.I. The lowest BCUT2D eigenvalue weighted by atomic mass is 10.0. The lowest BCUT2D eigenvalue weighted by molar-refractivity contribution is -0.141. The Morgan fingerprint density at radius 1 is 1.41 bits per heavy atom. The lowest BCUT2D eigenvalue weighted by Gasteiger charge is -2.17. The fraction of sp³-hybridized carbons (Fsp3) is 0.417. The first kappa shape index (κ1) is 16.3. The van der Waals surface area contributed by atoms with Gasteiger partial charge in [0.25, 0.3) is 0 Å². The molecular weight excluding hydrogens is 336 g/mol. The van der Waals surface area contributed by atoms with Gasteiger partial charge in [-0.1, -0.05) is 25.1 Å². The van der Waals surface area contributed by atoms with Gasteiger partial charge in [0.05, 0.1) is 5.92 Å². The van der Waals surface area contributed by atoms with Crippen LogP contribution in [0, 0.1) is 11.7 Å². The van der Waals surface area contributed by atoms with Gasteiger partial charge in [0, 0.05) is 18.2 Å². The minimum absolute atomic E-state index is 0. The molecule has 17 heavy (non-hydrogen) atoms. The molecule has 0 radical (unpaired) electrons. The first-order valence-electron chi connectivity index (χ1n) is 5.22. The van der Waals surface area contributed by atoms with E-state index in [1.807, 2.05) is 0 Å². The van der Waals surface area contributed by atoms with Crippen LogP contribution in [-0.4, -0.2) is 17.1 Å². The van der Waals surface area contributed by atoms with Gasteiger partial charge in [-0.3, -0.25) is 4.79 Å². The second-order valence-corrected chi connectivity index (χ2v) is 3.89. The molecule has 0 aromatic heterocycles. The quantitative estimate of drug-likeness (QED) is 0.801. The molecule has 0 heterocycles. The Morgan fingerprint density at radius 3 is 2.53 bits per heavy atom. The van der Waals surface area contributed by atoms with Crippen molar-refractivity contribution in [3.8, 4) is 0 Å². The molecule has 1 aromatic rings. The molecule has 0 amide bonds. The van der Waals surface area contributed by atoms with Crippen LogP contribution >= 0.6 is 24.0 Å².